The number of hydrogen-bond donors (Lipinski definition) is 2. The molecule has 2 unspecified atom stereocenters. The lowest BCUT2D eigenvalue weighted by atomic mass is 9.99. The molecule has 7 heteroatoms. The van der Waals surface area contributed by atoms with Crippen molar-refractivity contribution in [2.24, 2.45) is 16.8 Å². The van der Waals surface area contributed by atoms with Gasteiger partial charge in [-0.3, -0.25) is 9.59 Å². The molecule has 0 aromatic heterocycles. The molecule has 28 heavy (non-hydrogen) atoms. The zero-order valence-electron chi connectivity index (χ0n) is 17.3. The summed E-state index contributed by atoms with van der Waals surface area (Å²) in [6.07, 6.45) is 1.34. The van der Waals surface area contributed by atoms with Gasteiger partial charge in [-0.15, -0.1) is 0 Å². The summed E-state index contributed by atoms with van der Waals surface area (Å²) in [5.74, 6) is 0.735. The zero-order valence-corrected chi connectivity index (χ0v) is 17.3. The third kappa shape index (κ3) is 5.97. The summed E-state index contributed by atoms with van der Waals surface area (Å²) in [4.78, 5) is 30.6. The maximum absolute atomic E-state index is 12.0. The summed E-state index contributed by atoms with van der Waals surface area (Å²) >= 11 is 0. The van der Waals surface area contributed by atoms with E-state index in [1.54, 1.807) is 0 Å². The maximum atomic E-state index is 12.0. The van der Waals surface area contributed by atoms with Crippen LogP contribution in [0.15, 0.2) is 29.3 Å². The van der Waals surface area contributed by atoms with Gasteiger partial charge >= 0.3 is 5.97 Å². The van der Waals surface area contributed by atoms with Crippen LogP contribution in [0.3, 0.4) is 0 Å². The normalized spacial score (nSPS) is 19.4. The van der Waals surface area contributed by atoms with Gasteiger partial charge in [0.25, 0.3) is 0 Å². The number of ether oxygens (including phenoxy) is 1. The standard InChI is InChI=1S/C21H32N4O3/c1-5-8-19(26)24-17-10-7-9-16(11-17)12-23-21(22-6-2)25-13-15(3)18(14-25)20(27)28-4/h7,9-11,15,18H,5-6,8,12-14H2,1-4H3,(H,22,23)(H,24,26). The number of likely N-dealkylation sites (tertiary alicyclic amines) is 1. The van der Waals surface area contributed by atoms with Crippen LogP contribution < -0.4 is 10.6 Å². The van der Waals surface area contributed by atoms with E-state index in [4.69, 9.17) is 9.73 Å². The highest BCUT2D eigenvalue weighted by Gasteiger charge is 2.36. The summed E-state index contributed by atoms with van der Waals surface area (Å²) < 4.78 is 4.92. The second-order valence-electron chi connectivity index (χ2n) is 7.18. The molecule has 1 saturated heterocycles. The summed E-state index contributed by atoms with van der Waals surface area (Å²) in [6, 6.07) is 7.75. The predicted molar refractivity (Wildman–Crippen MR) is 111 cm³/mol. The van der Waals surface area contributed by atoms with Crippen LogP contribution in [0.5, 0.6) is 0 Å². The number of carbonyl (C=O) groups is 2. The third-order valence-corrected chi connectivity index (χ3v) is 4.85. The van der Waals surface area contributed by atoms with Crippen LogP contribution in [-0.2, 0) is 20.9 Å². The van der Waals surface area contributed by atoms with Crippen LogP contribution >= 0.6 is 0 Å². The van der Waals surface area contributed by atoms with Crippen molar-refractivity contribution in [1.29, 1.82) is 0 Å². The van der Waals surface area contributed by atoms with Crippen LogP contribution in [0, 0.1) is 11.8 Å². The first-order valence-corrected chi connectivity index (χ1v) is 9.98. The minimum Gasteiger partial charge on any atom is -0.469 e. The Morgan fingerprint density at radius 1 is 1.29 bits per heavy atom. The zero-order chi connectivity index (χ0) is 20.5. The molecule has 2 atom stereocenters. The number of nitrogens with zero attached hydrogens (tertiary/aromatic N) is 2. The fraction of sp³-hybridized carbons (Fsp3) is 0.571. The summed E-state index contributed by atoms with van der Waals surface area (Å²) in [6.45, 7) is 8.68. The van der Waals surface area contributed by atoms with Crippen molar-refractivity contribution in [1.82, 2.24) is 10.2 Å². The lowest BCUT2D eigenvalue weighted by Gasteiger charge is -2.21. The van der Waals surface area contributed by atoms with Crippen LogP contribution in [0.2, 0.25) is 0 Å². The Balaban J connectivity index is 2.07. The Bertz CT molecular complexity index is 705. The lowest BCUT2D eigenvalue weighted by Crippen LogP contribution is -2.40. The number of benzene rings is 1. The molecule has 0 radical (unpaired) electrons. The Labute approximate surface area is 167 Å². The van der Waals surface area contributed by atoms with Crippen molar-refractivity contribution in [3.8, 4) is 0 Å². The molecule has 1 aromatic rings. The average molecular weight is 389 g/mol. The Hall–Kier alpha value is -2.57. The maximum Gasteiger partial charge on any atom is 0.310 e. The van der Waals surface area contributed by atoms with Crippen LogP contribution in [0.1, 0.15) is 39.2 Å². The summed E-state index contributed by atoms with van der Waals surface area (Å²) in [5.41, 5.74) is 1.80. The van der Waals surface area contributed by atoms with Gasteiger partial charge in [0.05, 0.1) is 19.6 Å². The number of aliphatic imine (C=N–C) groups is 1. The van der Waals surface area contributed by atoms with Crippen molar-refractivity contribution >= 4 is 23.5 Å². The monoisotopic (exact) mass is 388 g/mol. The minimum absolute atomic E-state index is 0.0244. The Kier molecular flexibility index (Phi) is 8.29. The van der Waals surface area contributed by atoms with E-state index >= 15 is 0 Å². The van der Waals surface area contributed by atoms with Crippen LogP contribution in [0.4, 0.5) is 5.69 Å². The van der Waals surface area contributed by atoms with Gasteiger partial charge in [0.15, 0.2) is 5.96 Å². The number of nitrogens with one attached hydrogen (secondary N) is 2. The second-order valence-corrected chi connectivity index (χ2v) is 7.18. The first-order chi connectivity index (χ1) is 13.5. The highest BCUT2D eigenvalue weighted by Crippen LogP contribution is 2.24. The molecule has 0 bridgehead atoms. The molecule has 1 aliphatic rings. The van der Waals surface area contributed by atoms with E-state index in [1.165, 1.54) is 7.11 Å². The fourth-order valence-corrected chi connectivity index (χ4v) is 3.39. The molecular weight excluding hydrogens is 356 g/mol. The smallest absolute Gasteiger partial charge is 0.310 e. The number of methoxy groups -OCH3 is 1. The molecule has 0 spiro atoms. The van der Waals surface area contributed by atoms with Gasteiger partial charge < -0.3 is 20.3 Å². The molecule has 1 fully saturated rings. The van der Waals surface area contributed by atoms with Gasteiger partial charge in [-0.2, -0.15) is 0 Å². The van der Waals surface area contributed by atoms with E-state index < -0.39 is 0 Å². The van der Waals surface area contributed by atoms with E-state index in [0.717, 1.165) is 36.7 Å². The Morgan fingerprint density at radius 3 is 2.75 bits per heavy atom. The Morgan fingerprint density at radius 2 is 2.07 bits per heavy atom. The quantitative estimate of drug-likeness (QED) is 0.426. The second kappa shape index (κ2) is 10.7. The largest absolute Gasteiger partial charge is 0.469 e. The molecule has 1 amide bonds. The first kappa shape index (κ1) is 21.7. The minimum atomic E-state index is -0.165. The lowest BCUT2D eigenvalue weighted by molar-refractivity contribution is -0.146. The molecule has 1 aromatic carbocycles. The molecule has 1 heterocycles. The van der Waals surface area contributed by atoms with Gasteiger partial charge in [-0.25, -0.2) is 4.99 Å². The molecule has 2 N–H and O–H groups in total. The molecule has 0 saturated carbocycles. The highest BCUT2D eigenvalue weighted by molar-refractivity contribution is 5.90. The molecular formula is C21H32N4O3. The number of guanidine groups is 1. The number of esters is 1. The first-order valence-electron chi connectivity index (χ1n) is 9.98. The summed E-state index contributed by atoms with van der Waals surface area (Å²) in [7, 11) is 1.43. The number of hydrogen-bond acceptors (Lipinski definition) is 4. The number of anilines is 1. The predicted octanol–water partition coefficient (Wildman–Crippen LogP) is 2.63. The van der Waals surface area contributed by atoms with Crippen molar-refractivity contribution in [2.75, 3.05) is 32.1 Å². The van der Waals surface area contributed by atoms with Crippen LogP contribution in [0.25, 0.3) is 0 Å². The number of carbonyl (C=O) groups excluding carboxylic acids is 2. The number of amides is 1. The third-order valence-electron chi connectivity index (χ3n) is 4.85. The number of rotatable bonds is 7. The molecule has 0 aliphatic carbocycles. The van der Waals surface area contributed by atoms with Gasteiger partial charge in [-0.05, 0) is 37.0 Å². The molecule has 2 rings (SSSR count). The van der Waals surface area contributed by atoms with Crippen molar-refractivity contribution in [3.05, 3.63) is 29.8 Å². The van der Waals surface area contributed by atoms with Crippen molar-refractivity contribution in [2.45, 2.75) is 40.2 Å². The van der Waals surface area contributed by atoms with E-state index in [1.807, 2.05) is 38.1 Å². The molecule has 7 nitrogen and oxygen atoms in total. The van der Waals surface area contributed by atoms with Gasteiger partial charge in [0.2, 0.25) is 5.91 Å². The van der Waals surface area contributed by atoms with E-state index in [2.05, 4.69) is 22.5 Å². The fourth-order valence-electron chi connectivity index (χ4n) is 3.39. The highest BCUT2D eigenvalue weighted by atomic mass is 16.5. The summed E-state index contributed by atoms with van der Waals surface area (Å²) in [5, 5.41) is 6.23. The average Bonchev–Trinajstić information content (AvgIpc) is 3.06. The SMILES string of the molecule is CCCC(=O)Nc1cccc(CN=C(NCC)N2CC(C)C(C(=O)OC)C2)c1. The molecule has 154 valence electrons. The van der Waals surface area contributed by atoms with Gasteiger partial charge in [0.1, 0.15) is 0 Å². The topological polar surface area (TPSA) is 83.0 Å². The van der Waals surface area contributed by atoms with Crippen LogP contribution in [-0.4, -0.2) is 49.5 Å². The van der Waals surface area contributed by atoms with Gasteiger partial charge in [-0.1, -0.05) is 26.0 Å². The molecule has 1 aliphatic heterocycles. The van der Waals surface area contributed by atoms with E-state index in [9.17, 15) is 9.59 Å². The van der Waals surface area contributed by atoms with Crippen molar-refractivity contribution in [3.63, 3.8) is 0 Å². The van der Waals surface area contributed by atoms with E-state index in [0.29, 0.717) is 19.5 Å². The van der Waals surface area contributed by atoms with E-state index in [-0.39, 0.29) is 23.7 Å². The van der Waals surface area contributed by atoms with Crippen molar-refractivity contribution < 1.29 is 14.3 Å². The van der Waals surface area contributed by atoms with Gasteiger partial charge in [0, 0.05) is 31.7 Å².